The van der Waals surface area contributed by atoms with Gasteiger partial charge < -0.3 is 14.8 Å². The molecule has 2 aromatic carbocycles. The van der Waals surface area contributed by atoms with Crippen LogP contribution >= 0.6 is 0 Å². The molecule has 0 aliphatic heterocycles. The lowest BCUT2D eigenvalue weighted by Gasteiger charge is -2.09. The van der Waals surface area contributed by atoms with Crippen molar-refractivity contribution in [2.75, 3.05) is 18.5 Å². The third-order valence-corrected chi connectivity index (χ3v) is 2.99. The van der Waals surface area contributed by atoms with Crippen LogP contribution in [0.4, 0.5) is 5.69 Å². The van der Waals surface area contributed by atoms with Crippen LogP contribution in [-0.4, -0.2) is 19.1 Å². The molecule has 0 spiro atoms. The van der Waals surface area contributed by atoms with E-state index < -0.39 is 0 Å². The third kappa shape index (κ3) is 5.48. The van der Waals surface area contributed by atoms with Crippen molar-refractivity contribution in [2.24, 2.45) is 0 Å². The summed E-state index contributed by atoms with van der Waals surface area (Å²) in [6.07, 6.45) is 0.807. The molecule has 4 nitrogen and oxygen atoms in total. The van der Waals surface area contributed by atoms with E-state index in [-0.39, 0.29) is 5.91 Å². The monoisotopic (exact) mass is 299 g/mol. The average molecular weight is 299 g/mol. The zero-order valence-corrected chi connectivity index (χ0v) is 13.0. The summed E-state index contributed by atoms with van der Waals surface area (Å²) in [7, 11) is 0. The molecule has 0 fully saturated rings. The Hall–Kier alpha value is -2.49. The zero-order valence-electron chi connectivity index (χ0n) is 13.0. The van der Waals surface area contributed by atoms with Gasteiger partial charge in [-0.15, -0.1) is 0 Å². The summed E-state index contributed by atoms with van der Waals surface area (Å²) in [5, 5.41) is 2.72. The van der Waals surface area contributed by atoms with Crippen molar-refractivity contribution in [3.05, 3.63) is 54.1 Å². The lowest BCUT2D eigenvalue weighted by Crippen LogP contribution is -2.06. The fourth-order valence-electron chi connectivity index (χ4n) is 1.98. The molecular formula is C18H21NO3. The lowest BCUT2D eigenvalue weighted by atomic mass is 10.2. The van der Waals surface area contributed by atoms with Gasteiger partial charge in [0, 0.05) is 19.0 Å². The van der Waals surface area contributed by atoms with Crippen LogP contribution in [0.25, 0.3) is 0 Å². The number of nitrogens with one attached hydrogen (secondary N) is 1. The molecule has 116 valence electrons. The molecule has 0 saturated carbocycles. The predicted octanol–water partition coefficient (Wildman–Crippen LogP) is 3.80. The van der Waals surface area contributed by atoms with Gasteiger partial charge in [0.05, 0.1) is 13.2 Å². The molecular weight excluding hydrogens is 278 g/mol. The van der Waals surface area contributed by atoms with Crippen molar-refractivity contribution in [3.63, 3.8) is 0 Å². The van der Waals surface area contributed by atoms with Gasteiger partial charge in [-0.1, -0.05) is 12.1 Å². The first-order valence-electron chi connectivity index (χ1n) is 7.33. The fourth-order valence-corrected chi connectivity index (χ4v) is 1.98. The van der Waals surface area contributed by atoms with E-state index in [4.69, 9.17) is 9.47 Å². The molecule has 0 heterocycles. The Balaban J connectivity index is 1.67. The highest BCUT2D eigenvalue weighted by atomic mass is 16.5. The maximum atomic E-state index is 10.9. The average Bonchev–Trinajstić information content (AvgIpc) is 2.48. The van der Waals surface area contributed by atoms with Crippen molar-refractivity contribution in [2.45, 2.75) is 20.3 Å². The SMILES string of the molecule is CC(=O)Nc1ccc(OCCCOc2cccc(C)c2)cc1. The number of benzene rings is 2. The molecule has 22 heavy (non-hydrogen) atoms. The molecule has 1 N–H and O–H groups in total. The van der Waals surface area contributed by atoms with E-state index in [2.05, 4.69) is 5.32 Å². The lowest BCUT2D eigenvalue weighted by molar-refractivity contribution is -0.114. The van der Waals surface area contributed by atoms with Gasteiger partial charge in [-0.3, -0.25) is 4.79 Å². The summed E-state index contributed by atoms with van der Waals surface area (Å²) in [4.78, 5) is 10.9. The van der Waals surface area contributed by atoms with Gasteiger partial charge in [0.2, 0.25) is 5.91 Å². The quantitative estimate of drug-likeness (QED) is 0.791. The van der Waals surface area contributed by atoms with E-state index in [1.54, 1.807) is 0 Å². The van der Waals surface area contributed by atoms with Crippen LogP contribution in [0.2, 0.25) is 0 Å². The Kier molecular flexibility index (Phi) is 5.83. The summed E-state index contributed by atoms with van der Waals surface area (Å²) in [6.45, 7) is 4.73. The number of carbonyl (C=O) groups is 1. The number of rotatable bonds is 7. The first-order valence-corrected chi connectivity index (χ1v) is 7.33. The molecule has 0 bridgehead atoms. The smallest absolute Gasteiger partial charge is 0.221 e. The highest BCUT2D eigenvalue weighted by Crippen LogP contribution is 2.16. The van der Waals surface area contributed by atoms with E-state index in [1.165, 1.54) is 12.5 Å². The maximum Gasteiger partial charge on any atom is 0.221 e. The number of hydrogen-bond donors (Lipinski definition) is 1. The predicted molar refractivity (Wildman–Crippen MR) is 87.5 cm³/mol. The van der Waals surface area contributed by atoms with Gasteiger partial charge in [-0.05, 0) is 48.9 Å². The van der Waals surface area contributed by atoms with Crippen LogP contribution in [0.1, 0.15) is 18.9 Å². The van der Waals surface area contributed by atoms with E-state index in [1.807, 2.05) is 55.5 Å². The molecule has 0 radical (unpaired) electrons. The van der Waals surface area contributed by atoms with Gasteiger partial charge in [-0.2, -0.15) is 0 Å². The molecule has 0 aromatic heterocycles. The van der Waals surface area contributed by atoms with Gasteiger partial charge in [0.15, 0.2) is 0 Å². The number of aryl methyl sites for hydroxylation is 1. The van der Waals surface area contributed by atoms with Gasteiger partial charge >= 0.3 is 0 Å². The Bertz CT molecular complexity index is 608. The van der Waals surface area contributed by atoms with Crippen LogP contribution in [0, 0.1) is 6.92 Å². The summed E-state index contributed by atoms with van der Waals surface area (Å²) in [6, 6.07) is 15.3. The van der Waals surface area contributed by atoms with Crippen LogP contribution in [-0.2, 0) is 4.79 Å². The number of amides is 1. The highest BCUT2D eigenvalue weighted by Gasteiger charge is 1.98. The molecule has 0 atom stereocenters. The zero-order chi connectivity index (χ0) is 15.8. The van der Waals surface area contributed by atoms with Gasteiger partial charge in [0.1, 0.15) is 11.5 Å². The van der Waals surface area contributed by atoms with Crippen LogP contribution in [0.3, 0.4) is 0 Å². The number of carbonyl (C=O) groups excluding carboxylic acids is 1. The van der Waals surface area contributed by atoms with Crippen LogP contribution < -0.4 is 14.8 Å². The Morgan fingerprint density at radius 2 is 1.68 bits per heavy atom. The normalized spacial score (nSPS) is 10.1. The summed E-state index contributed by atoms with van der Waals surface area (Å²) >= 11 is 0. The topological polar surface area (TPSA) is 47.6 Å². The summed E-state index contributed by atoms with van der Waals surface area (Å²) in [5.74, 6) is 1.59. The van der Waals surface area contributed by atoms with Crippen molar-refractivity contribution in [1.29, 1.82) is 0 Å². The first-order chi connectivity index (χ1) is 10.6. The Labute approximate surface area is 131 Å². The molecule has 0 saturated heterocycles. The second-order valence-electron chi connectivity index (χ2n) is 5.07. The molecule has 4 heteroatoms. The minimum Gasteiger partial charge on any atom is -0.493 e. The minimum absolute atomic E-state index is 0.0815. The standard InChI is InChI=1S/C18H21NO3/c1-14-5-3-6-18(13-14)22-12-4-11-21-17-9-7-16(8-10-17)19-15(2)20/h3,5-10,13H,4,11-12H2,1-2H3,(H,19,20). The van der Waals surface area contributed by atoms with Gasteiger partial charge in [0.25, 0.3) is 0 Å². The van der Waals surface area contributed by atoms with Crippen LogP contribution in [0.15, 0.2) is 48.5 Å². The number of ether oxygens (including phenoxy) is 2. The fraction of sp³-hybridized carbons (Fsp3) is 0.278. The van der Waals surface area contributed by atoms with Gasteiger partial charge in [-0.25, -0.2) is 0 Å². The van der Waals surface area contributed by atoms with E-state index in [0.717, 1.165) is 23.6 Å². The van der Waals surface area contributed by atoms with E-state index in [0.29, 0.717) is 13.2 Å². The van der Waals surface area contributed by atoms with Crippen molar-refractivity contribution in [3.8, 4) is 11.5 Å². The molecule has 0 aliphatic carbocycles. The molecule has 0 unspecified atom stereocenters. The first kappa shape index (κ1) is 15.9. The number of hydrogen-bond acceptors (Lipinski definition) is 3. The van der Waals surface area contributed by atoms with E-state index in [9.17, 15) is 4.79 Å². The number of anilines is 1. The second-order valence-corrected chi connectivity index (χ2v) is 5.07. The largest absolute Gasteiger partial charge is 0.493 e. The minimum atomic E-state index is -0.0815. The van der Waals surface area contributed by atoms with Crippen molar-refractivity contribution >= 4 is 11.6 Å². The molecule has 2 aromatic rings. The second kappa shape index (κ2) is 8.08. The third-order valence-electron chi connectivity index (χ3n) is 2.99. The van der Waals surface area contributed by atoms with E-state index >= 15 is 0 Å². The van der Waals surface area contributed by atoms with Crippen LogP contribution in [0.5, 0.6) is 11.5 Å². The highest BCUT2D eigenvalue weighted by molar-refractivity contribution is 5.88. The Morgan fingerprint density at radius 3 is 2.32 bits per heavy atom. The van der Waals surface area contributed by atoms with Crippen molar-refractivity contribution in [1.82, 2.24) is 0 Å². The molecule has 0 aliphatic rings. The Morgan fingerprint density at radius 1 is 1.00 bits per heavy atom. The van der Waals surface area contributed by atoms with Crippen molar-refractivity contribution < 1.29 is 14.3 Å². The molecule has 2 rings (SSSR count). The summed E-state index contributed by atoms with van der Waals surface area (Å²) < 4.78 is 11.3. The summed E-state index contributed by atoms with van der Waals surface area (Å²) in [5.41, 5.74) is 1.95. The maximum absolute atomic E-state index is 10.9. The molecule has 1 amide bonds.